The molecule has 0 radical (unpaired) electrons. The van der Waals surface area contributed by atoms with Gasteiger partial charge < -0.3 is 5.32 Å². The van der Waals surface area contributed by atoms with Gasteiger partial charge in [0.15, 0.2) is 0 Å². The molecule has 1 N–H and O–H groups in total. The maximum absolute atomic E-state index is 6.11. The van der Waals surface area contributed by atoms with Crippen molar-refractivity contribution >= 4 is 11.6 Å². The number of rotatable bonds is 5. The normalized spacial score (nSPS) is 14.9. The smallest absolute Gasteiger partial charge is 0.0633 e. The Hall–Kier alpha value is -0.600. The van der Waals surface area contributed by atoms with Crippen LogP contribution in [-0.2, 0) is 0 Å². The van der Waals surface area contributed by atoms with Crippen molar-refractivity contribution in [3.63, 3.8) is 0 Å². The van der Waals surface area contributed by atoms with Crippen LogP contribution in [0, 0.1) is 0 Å². The average Bonchev–Trinajstić information content (AvgIpc) is 2.25. The molecule has 0 aromatic carbocycles. The first-order valence-electron chi connectivity index (χ1n) is 5.50. The van der Waals surface area contributed by atoms with Crippen molar-refractivity contribution < 1.29 is 0 Å². The molecule has 2 unspecified atom stereocenters. The van der Waals surface area contributed by atoms with Crippen molar-refractivity contribution in [2.45, 2.75) is 39.2 Å². The van der Waals surface area contributed by atoms with E-state index in [0.717, 1.165) is 23.7 Å². The van der Waals surface area contributed by atoms with E-state index in [1.54, 1.807) is 6.20 Å². The van der Waals surface area contributed by atoms with Crippen LogP contribution in [0.3, 0.4) is 0 Å². The van der Waals surface area contributed by atoms with Crippen molar-refractivity contribution in [2.24, 2.45) is 0 Å². The van der Waals surface area contributed by atoms with E-state index < -0.39 is 0 Å². The van der Waals surface area contributed by atoms with Crippen LogP contribution in [0.5, 0.6) is 0 Å². The first kappa shape index (κ1) is 12.5. The summed E-state index contributed by atoms with van der Waals surface area (Å²) in [5.41, 5.74) is 0.982. The molecule has 0 amide bonds. The number of halogens is 1. The molecular weight excluding hydrogens is 208 g/mol. The standard InChI is InChI=1S/C12H19ClN2/c1-4-7-14-10(3)9(2)12-11(13)6-5-8-15-12/h5-6,8-10,14H,4,7H2,1-3H3. The van der Waals surface area contributed by atoms with Crippen molar-refractivity contribution in [2.75, 3.05) is 6.54 Å². The molecule has 1 heterocycles. The summed E-state index contributed by atoms with van der Waals surface area (Å²) < 4.78 is 0. The van der Waals surface area contributed by atoms with Crippen molar-refractivity contribution in [3.05, 3.63) is 29.0 Å². The van der Waals surface area contributed by atoms with Gasteiger partial charge in [0, 0.05) is 18.2 Å². The van der Waals surface area contributed by atoms with E-state index >= 15 is 0 Å². The minimum Gasteiger partial charge on any atom is -0.314 e. The van der Waals surface area contributed by atoms with Crippen LogP contribution in [0.15, 0.2) is 18.3 Å². The summed E-state index contributed by atoms with van der Waals surface area (Å²) in [4.78, 5) is 4.34. The molecule has 0 aliphatic rings. The lowest BCUT2D eigenvalue weighted by Gasteiger charge is -2.21. The lowest BCUT2D eigenvalue weighted by atomic mass is 9.99. The SMILES string of the molecule is CCCNC(C)C(C)c1ncccc1Cl. The Morgan fingerprint density at radius 3 is 2.80 bits per heavy atom. The Bertz CT molecular complexity index is 301. The van der Waals surface area contributed by atoms with Crippen LogP contribution in [0.1, 0.15) is 38.8 Å². The van der Waals surface area contributed by atoms with Gasteiger partial charge in [-0.1, -0.05) is 25.4 Å². The Kier molecular flexibility index (Phi) is 5.06. The first-order chi connectivity index (χ1) is 7.16. The number of aromatic nitrogens is 1. The second kappa shape index (κ2) is 6.09. The molecule has 0 saturated carbocycles. The minimum absolute atomic E-state index is 0.338. The lowest BCUT2D eigenvalue weighted by Crippen LogP contribution is -2.31. The predicted octanol–water partition coefficient (Wildman–Crippen LogP) is 3.23. The molecule has 0 saturated heterocycles. The van der Waals surface area contributed by atoms with Gasteiger partial charge in [-0.25, -0.2) is 0 Å². The predicted molar refractivity (Wildman–Crippen MR) is 65.4 cm³/mol. The van der Waals surface area contributed by atoms with Gasteiger partial charge >= 0.3 is 0 Å². The summed E-state index contributed by atoms with van der Waals surface area (Å²) in [7, 11) is 0. The molecule has 0 aliphatic heterocycles. The summed E-state index contributed by atoms with van der Waals surface area (Å²) >= 11 is 6.11. The molecular formula is C12H19ClN2. The van der Waals surface area contributed by atoms with E-state index in [9.17, 15) is 0 Å². The third kappa shape index (κ3) is 3.47. The number of nitrogens with one attached hydrogen (secondary N) is 1. The van der Waals surface area contributed by atoms with Gasteiger partial charge in [0.1, 0.15) is 0 Å². The maximum atomic E-state index is 6.11. The number of nitrogens with zero attached hydrogens (tertiary/aromatic N) is 1. The van der Waals surface area contributed by atoms with E-state index in [1.165, 1.54) is 0 Å². The summed E-state index contributed by atoms with van der Waals surface area (Å²) in [6.07, 6.45) is 2.94. The van der Waals surface area contributed by atoms with Gasteiger partial charge in [0.25, 0.3) is 0 Å². The summed E-state index contributed by atoms with van der Waals surface area (Å²) in [6.45, 7) is 7.53. The largest absolute Gasteiger partial charge is 0.314 e. The highest BCUT2D eigenvalue weighted by atomic mass is 35.5. The topological polar surface area (TPSA) is 24.9 Å². The Morgan fingerprint density at radius 2 is 2.20 bits per heavy atom. The fraction of sp³-hybridized carbons (Fsp3) is 0.583. The van der Waals surface area contributed by atoms with Gasteiger partial charge in [0.05, 0.1) is 10.7 Å². The monoisotopic (exact) mass is 226 g/mol. The van der Waals surface area contributed by atoms with Crippen LogP contribution >= 0.6 is 11.6 Å². The molecule has 2 nitrogen and oxygen atoms in total. The zero-order chi connectivity index (χ0) is 11.3. The van der Waals surface area contributed by atoms with Crippen LogP contribution in [-0.4, -0.2) is 17.6 Å². The molecule has 2 atom stereocenters. The highest BCUT2D eigenvalue weighted by Crippen LogP contribution is 2.24. The van der Waals surface area contributed by atoms with E-state index in [0.29, 0.717) is 12.0 Å². The second-order valence-corrected chi connectivity index (χ2v) is 4.31. The van der Waals surface area contributed by atoms with E-state index in [2.05, 4.69) is 31.1 Å². The van der Waals surface area contributed by atoms with Crippen LogP contribution in [0.25, 0.3) is 0 Å². The number of hydrogen-bond acceptors (Lipinski definition) is 2. The van der Waals surface area contributed by atoms with Crippen molar-refractivity contribution in [3.8, 4) is 0 Å². The van der Waals surface area contributed by atoms with E-state index in [-0.39, 0.29) is 0 Å². The van der Waals surface area contributed by atoms with E-state index in [1.807, 2.05) is 12.1 Å². The molecule has 1 aromatic heterocycles. The van der Waals surface area contributed by atoms with Gasteiger partial charge in [-0.2, -0.15) is 0 Å². The van der Waals surface area contributed by atoms with Crippen LogP contribution in [0.4, 0.5) is 0 Å². The summed E-state index contributed by atoms with van der Waals surface area (Å²) in [5.74, 6) is 0.338. The molecule has 1 aromatic rings. The molecule has 0 aliphatic carbocycles. The molecule has 15 heavy (non-hydrogen) atoms. The highest BCUT2D eigenvalue weighted by molar-refractivity contribution is 6.31. The first-order valence-corrected chi connectivity index (χ1v) is 5.88. The quantitative estimate of drug-likeness (QED) is 0.834. The van der Waals surface area contributed by atoms with Crippen LogP contribution in [0.2, 0.25) is 5.02 Å². The van der Waals surface area contributed by atoms with Crippen molar-refractivity contribution in [1.29, 1.82) is 0 Å². The highest BCUT2D eigenvalue weighted by Gasteiger charge is 2.16. The van der Waals surface area contributed by atoms with Gasteiger partial charge in [-0.05, 0) is 32.0 Å². The molecule has 0 bridgehead atoms. The van der Waals surface area contributed by atoms with E-state index in [4.69, 9.17) is 11.6 Å². The zero-order valence-electron chi connectivity index (χ0n) is 9.63. The fourth-order valence-electron chi connectivity index (χ4n) is 1.52. The molecule has 84 valence electrons. The maximum Gasteiger partial charge on any atom is 0.0633 e. The average molecular weight is 227 g/mol. The van der Waals surface area contributed by atoms with Gasteiger partial charge in [-0.3, -0.25) is 4.98 Å². The van der Waals surface area contributed by atoms with Gasteiger partial charge in [-0.15, -0.1) is 0 Å². The van der Waals surface area contributed by atoms with Gasteiger partial charge in [0.2, 0.25) is 0 Å². The molecule has 0 spiro atoms. The Morgan fingerprint density at radius 1 is 1.47 bits per heavy atom. The lowest BCUT2D eigenvalue weighted by molar-refractivity contribution is 0.475. The Labute approximate surface area is 97.1 Å². The molecule has 0 fully saturated rings. The minimum atomic E-state index is 0.338. The zero-order valence-corrected chi connectivity index (χ0v) is 10.4. The summed E-state index contributed by atoms with van der Waals surface area (Å²) in [6, 6.07) is 4.16. The molecule has 3 heteroatoms. The number of pyridine rings is 1. The third-order valence-corrected chi connectivity index (χ3v) is 3.00. The van der Waals surface area contributed by atoms with Crippen LogP contribution < -0.4 is 5.32 Å². The third-order valence-electron chi connectivity index (χ3n) is 2.68. The Balaban J connectivity index is 2.67. The fourth-order valence-corrected chi connectivity index (χ4v) is 1.81. The second-order valence-electron chi connectivity index (χ2n) is 3.90. The van der Waals surface area contributed by atoms with Crippen molar-refractivity contribution in [1.82, 2.24) is 10.3 Å². The number of hydrogen-bond donors (Lipinski definition) is 1. The molecule has 1 rings (SSSR count). The summed E-state index contributed by atoms with van der Waals surface area (Å²) in [5, 5.41) is 4.22.